The second-order valence-electron chi connectivity index (χ2n) is 5.60. The van der Waals surface area contributed by atoms with Crippen LogP contribution >= 0.6 is 23.2 Å². The van der Waals surface area contributed by atoms with Crippen LogP contribution in [0.25, 0.3) is 0 Å². The van der Waals surface area contributed by atoms with E-state index in [9.17, 15) is 9.59 Å². The third-order valence-corrected chi connectivity index (χ3v) is 4.27. The minimum atomic E-state index is -0.208. The van der Waals surface area contributed by atoms with Gasteiger partial charge in [0.15, 0.2) is 11.5 Å². The number of hydrogen-bond donors (Lipinski definition) is 2. The average Bonchev–Trinajstić information content (AvgIpc) is 3.06. The van der Waals surface area contributed by atoms with Crippen molar-refractivity contribution < 1.29 is 19.1 Å². The van der Waals surface area contributed by atoms with E-state index in [0.29, 0.717) is 45.8 Å². The molecule has 2 amide bonds. The minimum Gasteiger partial charge on any atom is -0.454 e. The first-order valence-corrected chi connectivity index (χ1v) is 8.71. The average molecular weight is 395 g/mol. The van der Waals surface area contributed by atoms with Crippen LogP contribution in [0.3, 0.4) is 0 Å². The summed E-state index contributed by atoms with van der Waals surface area (Å²) >= 11 is 11.9. The van der Waals surface area contributed by atoms with Gasteiger partial charge in [0.05, 0.1) is 10.7 Å². The first kappa shape index (κ1) is 18.4. The summed E-state index contributed by atoms with van der Waals surface area (Å²) in [6, 6.07) is 9.83. The lowest BCUT2D eigenvalue weighted by molar-refractivity contribution is -0.116. The standard InChI is InChI=1S/C18H16Cl2N2O4/c19-12-5-3-11(4-6-12)18(24)21-7-1-2-17(23)22-14-9-16-15(8-13(14)20)25-10-26-16/h3-6,8-9H,1-2,7,10H2,(H,21,24)(H,22,23). The fourth-order valence-electron chi connectivity index (χ4n) is 2.38. The van der Waals surface area contributed by atoms with Crippen LogP contribution in [0.4, 0.5) is 5.69 Å². The Balaban J connectivity index is 1.43. The van der Waals surface area contributed by atoms with Crippen molar-refractivity contribution in [1.29, 1.82) is 0 Å². The molecule has 0 unspecified atom stereocenters. The zero-order valence-corrected chi connectivity index (χ0v) is 15.2. The van der Waals surface area contributed by atoms with Gasteiger partial charge in [-0.2, -0.15) is 0 Å². The van der Waals surface area contributed by atoms with Crippen molar-refractivity contribution in [2.45, 2.75) is 12.8 Å². The summed E-state index contributed by atoms with van der Waals surface area (Å²) in [6.07, 6.45) is 0.735. The molecule has 0 saturated heterocycles. The highest BCUT2D eigenvalue weighted by atomic mass is 35.5. The summed E-state index contributed by atoms with van der Waals surface area (Å²) < 4.78 is 10.5. The van der Waals surface area contributed by atoms with Gasteiger partial charge in [-0.25, -0.2) is 0 Å². The number of ether oxygens (including phenoxy) is 2. The van der Waals surface area contributed by atoms with Crippen molar-refractivity contribution in [2.24, 2.45) is 0 Å². The van der Waals surface area contributed by atoms with Crippen molar-refractivity contribution >= 4 is 40.7 Å². The molecule has 1 aliphatic heterocycles. The molecular formula is C18H16Cl2N2O4. The van der Waals surface area contributed by atoms with Gasteiger partial charge < -0.3 is 20.1 Å². The number of nitrogens with one attached hydrogen (secondary N) is 2. The number of halogens is 2. The second-order valence-corrected chi connectivity index (χ2v) is 6.44. The van der Waals surface area contributed by atoms with Crippen LogP contribution in [-0.2, 0) is 4.79 Å². The van der Waals surface area contributed by atoms with Crippen LogP contribution in [0.5, 0.6) is 11.5 Å². The highest BCUT2D eigenvalue weighted by Gasteiger charge is 2.17. The summed E-state index contributed by atoms with van der Waals surface area (Å²) in [5, 5.41) is 6.43. The number of carbonyl (C=O) groups is 2. The molecule has 0 radical (unpaired) electrons. The molecule has 8 heteroatoms. The van der Waals surface area contributed by atoms with E-state index in [0.717, 1.165) is 0 Å². The van der Waals surface area contributed by atoms with Crippen LogP contribution in [0.1, 0.15) is 23.2 Å². The smallest absolute Gasteiger partial charge is 0.251 e. The fourth-order valence-corrected chi connectivity index (χ4v) is 2.71. The number of carbonyl (C=O) groups excluding carboxylic acids is 2. The van der Waals surface area contributed by atoms with E-state index in [1.165, 1.54) is 0 Å². The topological polar surface area (TPSA) is 76.7 Å². The van der Waals surface area contributed by atoms with Gasteiger partial charge in [-0.05, 0) is 30.7 Å². The fraction of sp³-hybridized carbons (Fsp3) is 0.222. The van der Waals surface area contributed by atoms with Crippen molar-refractivity contribution in [3.8, 4) is 11.5 Å². The first-order valence-electron chi connectivity index (χ1n) is 7.95. The highest BCUT2D eigenvalue weighted by Crippen LogP contribution is 2.39. The normalized spacial score (nSPS) is 11.9. The molecule has 0 spiro atoms. The maximum absolute atomic E-state index is 12.0. The van der Waals surface area contributed by atoms with E-state index in [-0.39, 0.29) is 25.0 Å². The zero-order valence-electron chi connectivity index (χ0n) is 13.7. The predicted octanol–water partition coefficient (Wildman–Crippen LogP) is 3.87. The van der Waals surface area contributed by atoms with Gasteiger partial charge >= 0.3 is 0 Å². The maximum atomic E-state index is 12.0. The second kappa shape index (κ2) is 8.29. The number of benzene rings is 2. The molecule has 0 bridgehead atoms. The molecule has 2 aromatic rings. The SMILES string of the molecule is O=C(CCCNC(=O)c1ccc(Cl)cc1)Nc1cc2c(cc1Cl)OCO2. The van der Waals surface area contributed by atoms with E-state index >= 15 is 0 Å². The van der Waals surface area contributed by atoms with Crippen LogP contribution in [-0.4, -0.2) is 25.2 Å². The molecule has 2 N–H and O–H groups in total. The van der Waals surface area contributed by atoms with E-state index in [1.807, 2.05) is 0 Å². The Labute approximate surface area is 160 Å². The predicted molar refractivity (Wildman–Crippen MR) is 99.2 cm³/mol. The van der Waals surface area contributed by atoms with Crippen LogP contribution in [0, 0.1) is 0 Å². The van der Waals surface area contributed by atoms with Crippen molar-refractivity contribution in [3.63, 3.8) is 0 Å². The molecule has 1 heterocycles. The lowest BCUT2D eigenvalue weighted by atomic mass is 10.2. The summed E-state index contributed by atoms with van der Waals surface area (Å²) in [7, 11) is 0. The van der Waals surface area contributed by atoms with E-state index < -0.39 is 0 Å². The molecular weight excluding hydrogens is 379 g/mol. The Bertz CT molecular complexity index is 825. The largest absolute Gasteiger partial charge is 0.454 e. The molecule has 0 fully saturated rings. The Hall–Kier alpha value is -2.44. The summed E-state index contributed by atoms with van der Waals surface area (Å²) in [5.41, 5.74) is 0.983. The van der Waals surface area contributed by atoms with Gasteiger partial charge in [-0.15, -0.1) is 0 Å². The zero-order chi connectivity index (χ0) is 18.5. The lowest BCUT2D eigenvalue weighted by Gasteiger charge is -2.09. The van der Waals surface area contributed by atoms with Crippen LogP contribution < -0.4 is 20.1 Å². The molecule has 0 aliphatic carbocycles. The van der Waals surface area contributed by atoms with Gasteiger partial charge in [0.2, 0.25) is 12.7 Å². The summed E-state index contributed by atoms with van der Waals surface area (Å²) in [4.78, 5) is 24.0. The van der Waals surface area contributed by atoms with E-state index in [1.54, 1.807) is 36.4 Å². The van der Waals surface area contributed by atoms with Gasteiger partial charge in [0.25, 0.3) is 5.91 Å². The maximum Gasteiger partial charge on any atom is 0.251 e. The number of hydrogen-bond acceptors (Lipinski definition) is 4. The number of fused-ring (bicyclic) bond motifs is 1. The van der Waals surface area contributed by atoms with Gasteiger partial charge in [-0.3, -0.25) is 9.59 Å². The number of anilines is 1. The number of rotatable bonds is 6. The lowest BCUT2D eigenvalue weighted by Crippen LogP contribution is -2.25. The molecule has 0 saturated carbocycles. The Kier molecular flexibility index (Phi) is 5.85. The van der Waals surface area contributed by atoms with Crippen LogP contribution in [0.2, 0.25) is 10.0 Å². The van der Waals surface area contributed by atoms with E-state index in [4.69, 9.17) is 32.7 Å². The van der Waals surface area contributed by atoms with Crippen molar-refractivity contribution in [3.05, 3.63) is 52.0 Å². The molecule has 136 valence electrons. The van der Waals surface area contributed by atoms with Crippen LogP contribution in [0.15, 0.2) is 36.4 Å². The quantitative estimate of drug-likeness (QED) is 0.729. The van der Waals surface area contributed by atoms with Gasteiger partial charge in [0, 0.05) is 35.7 Å². The Morgan fingerprint density at radius 2 is 1.73 bits per heavy atom. The third kappa shape index (κ3) is 4.59. The third-order valence-electron chi connectivity index (χ3n) is 3.71. The Morgan fingerprint density at radius 3 is 2.46 bits per heavy atom. The molecule has 6 nitrogen and oxygen atoms in total. The van der Waals surface area contributed by atoms with E-state index in [2.05, 4.69) is 10.6 Å². The number of amides is 2. The molecule has 3 rings (SSSR count). The Morgan fingerprint density at radius 1 is 1.04 bits per heavy atom. The van der Waals surface area contributed by atoms with Gasteiger partial charge in [-0.1, -0.05) is 23.2 Å². The molecule has 0 aromatic heterocycles. The first-order chi connectivity index (χ1) is 12.5. The molecule has 26 heavy (non-hydrogen) atoms. The molecule has 0 atom stereocenters. The highest BCUT2D eigenvalue weighted by molar-refractivity contribution is 6.34. The van der Waals surface area contributed by atoms with Crippen molar-refractivity contribution in [2.75, 3.05) is 18.7 Å². The minimum absolute atomic E-state index is 0.135. The molecule has 1 aliphatic rings. The summed E-state index contributed by atoms with van der Waals surface area (Å²) in [5.74, 6) is 0.685. The van der Waals surface area contributed by atoms with Gasteiger partial charge in [0.1, 0.15) is 0 Å². The molecule has 2 aromatic carbocycles. The van der Waals surface area contributed by atoms with Crippen molar-refractivity contribution in [1.82, 2.24) is 5.32 Å². The summed E-state index contributed by atoms with van der Waals surface area (Å²) in [6.45, 7) is 0.514. The monoisotopic (exact) mass is 394 g/mol.